The van der Waals surface area contributed by atoms with Crippen molar-refractivity contribution in [3.63, 3.8) is 0 Å². The highest BCUT2D eigenvalue weighted by Gasteiger charge is 2.48. The number of pyridine rings is 1. The smallest absolute Gasteiger partial charge is 0.198 e. The second-order valence-corrected chi connectivity index (χ2v) is 12.4. The lowest BCUT2D eigenvalue weighted by Crippen LogP contribution is -2.35. The summed E-state index contributed by atoms with van der Waals surface area (Å²) < 4.78 is 47.4. The minimum Gasteiger partial charge on any atom is -0.491 e. The Labute approximate surface area is 255 Å². The molecule has 2 aromatic heterocycles. The van der Waals surface area contributed by atoms with E-state index in [0.29, 0.717) is 34.8 Å². The van der Waals surface area contributed by atoms with Crippen molar-refractivity contribution in [3.05, 3.63) is 66.5 Å². The first-order chi connectivity index (χ1) is 21.2. The first-order valence-corrected chi connectivity index (χ1v) is 15.2. The van der Waals surface area contributed by atoms with E-state index < -0.39 is 29.7 Å². The first kappa shape index (κ1) is 29.2. The molecule has 9 nitrogen and oxygen atoms in total. The van der Waals surface area contributed by atoms with Gasteiger partial charge in [0, 0.05) is 24.3 Å². The van der Waals surface area contributed by atoms with Crippen LogP contribution in [0.5, 0.6) is 11.6 Å². The number of ether oxygens (including phenoxy) is 5. The number of hydrogen-bond donors (Lipinski definition) is 2. The molecule has 3 aliphatic rings. The summed E-state index contributed by atoms with van der Waals surface area (Å²) >= 11 is 0. The van der Waals surface area contributed by atoms with Crippen LogP contribution in [0.1, 0.15) is 39.3 Å². The molecule has 0 radical (unpaired) electrons. The summed E-state index contributed by atoms with van der Waals surface area (Å²) in [5.41, 5.74) is 3.14. The predicted octanol–water partition coefficient (Wildman–Crippen LogP) is 5.26. The summed E-state index contributed by atoms with van der Waals surface area (Å²) in [5.74, 6) is 0.752. The van der Waals surface area contributed by atoms with Crippen molar-refractivity contribution in [1.29, 1.82) is 0 Å². The van der Waals surface area contributed by atoms with Gasteiger partial charge < -0.3 is 33.9 Å². The standard InChI is InChI=1S/C34H37FN2O7/c1-34(2,39)19-43-23-12-10-21(11-13-23)20-6-8-22(9-7-20)31-24(35)15-26-25(36-31)16-30(37(26)29-5-3-4-14-40-29)44-28-18-42-32-27(38)17-41-33(28)32/h6-13,15-16,27-29,32-33,38-39H,3-5,14,17-19H2,1-2H3/t27-,28-,29?,32?,33-/m1/s1. The number of rotatable bonds is 8. The summed E-state index contributed by atoms with van der Waals surface area (Å²) in [4.78, 5) is 4.76. The van der Waals surface area contributed by atoms with Crippen LogP contribution in [0.15, 0.2) is 60.7 Å². The van der Waals surface area contributed by atoms with Crippen molar-refractivity contribution < 1.29 is 38.3 Å². The van der Waals surface area contributed by atoms with E-state index in [1.54, 1.807) is 13.8 Å². The second kappa shape index (κ2) is 11.8. The Hall–Kier alpha value is -3.54. The van der Waals surface area contributed by atoms with E-state index in [-0.39, 0.29) is 37.8 Å². The fraction of sp³-hybridized carbons (Fsp3) is 0.441. The van der Waals surface area contributed by atoms with Crippen molar-refractivity contribution in [1.82, 2.24) is 9.55 Å². The van der Waals surface area contributed by atoms with Crippen LogP contribution in [-0.2, 0) is 14.2 Å². The van der Waals surface area contributed by atoms with Crippen molar-refractivity contribution in [3.8, 4) is 34.0 Å². The highest BCUT2D eigenvalue weighted by atomic mass is 19.1. The summed E-state index contributed by atoms with van der Waals surface area (Å²) in [6.07, 6.45) is 0.560. The van der Waals surface area contributed by atoms with Crippen LogP contribution in [0.4, 0.5) is 4.39 Å². The third kappa shape index (κ3) is 5.80. The van der Waals surface area contributed by atoms with E-state index in [0.717, 1.165) is 30.4 Å². The molecule has 0 spiro atoms. The van der Waals surface area contributed by atoms with Crippen LogP contribution in [0, 0.1) is 5.82 Å². The summed E-state index contributed by atoms with van der Waals surface area (Å²) in [6, 6.07) is 18.6. The van der Waals surface area contributed by atoms with Gasteiger partial charge in [0.05, 0.1) is 29.8 Å². The van der Waals surface area contributed by atoms with Gasteiger partial charge in [-0.15, -0.1) is 0 Å². The molecule has 3 aliphatic heterocycles. The molecule has 232 valence electrons. The number of aliphatic hydroxyl groups is 2. The molecule has 2 unspecified atom stereocenters. The Morgan fingerprint density at radius 1 is 0.932 bits per heavy atom. The highest BCUT2D eigenvalue weighted by molar-refractivity contribution is 5.82. The topological polar surface area (TPSA) is 104 Å². The quantitative estimate of drug-likeness (QED) is 0.281. The predicted molar refractivity (Wildman–Crippen MR) is 161 cm³/mol. The molecular weight excluding hydrogens is 567 g/mol. The Morgan fingerprint density at radius 2 is 1.64 bits per heavy atom. The zero-order chi connectivity index (χ0) is 30.4. The largest absolute Gasteiger partial charge is 0.491 e. The molecular formula is C34H37FN2O7. The molecule has 44 heavy (non-hydrogen) atoms. The first-order valence-electron chi connectivity index (χ1n) is 15.2. The van der Waals surface area contributed by atoms with Gasteiger partial charge in [0.15, 0.2) is 17.8 Å². The average molecular weight is 605 g/mol. The van der Waals surface area contributed by atoms with Crippen LogP contribution < -0.4 is 9.47 Å². The summed E-state index contributed by atoms with van der Waals surface area (Å²) in [5, 5.41) is 20.1. The van der Waals surface area contributed by atoms with Crippen molar-refractivity contribution >= 4 is 11.0 Å². The molecule has 3 fully saturated rings. The van der Waals surface area contributed by atoms with Crippen LogP contribution >= 0.6 is 0 Å². The maximum absolute atomic E-state index is 15.8. The lowest BCUT2D eigenvalue weighted by Gasteiger charge is -2.27. The summed E-state index contributed by atoms with van der Waals surface area (Å²) in [6.45, 7) is 4.71. The monoisotopic (exact) mass is 604 g/mol. The molecule has 0 amide bonds. The number of nitrogens with zero attached hydrogens (tertiary/aromatic N) is 2. The van der Waals surface area contributed by atoms with E-state index in [2.05, 4.69) is 0 Å². The van der Waals surface area contributed by atoms with E-state index in [9.17, 15) is 10.2 Å². The van der Waals surface area contributed by atoms with Gasteiger partial charge in [0.1, 0.15) is 42.6 Å². The zero-order valence-corrected chi connectivity index (χ0v) is 24.8. The fourth-order valence-electron chi connectivity index (χ4n) is 6.14. The summed E-state index contributed by atoms with van der Waals surface area (Å²) in [7, 11) is 0. The van der Waals surface area contributed by atoms with Gasteiger partial charge in [-0.2, -0.15) is 0 Å². The Kier molecular flexibility index (Phi) is 7.80. The van der Waals surface area contributed by atoms with Gasteiger partial charge in [-0.3, -0.25) is 4.57 Å². The van der Waals surface area contributed by atoms with Gasteiger partial charge >= 0.3 is 0 Å². The van der Waals surface area contributed by atoms with Crippen LogP contribution in [0.2, 0.25) is 0 Å². The zero-order valence-electron chi connectivity index (χ0n) is 24.8. The molecule has 5 atom stereocenters. The Morgan fingerprint density at radius 3 is 2.34 bits per heavy atom. The number of aliphatic hydroxyl groups excluding tert-OH is 1. The normalized spacial score (nSPS) is 25.3. The second-order valence-electron chi connectivity index (χ2n) is 12.4. The molecule has 7 rings (SSSR count). The van der Waals surface area contributed by atoms with Crippen LogP contribution in [-0.4, -0.2) is 76.2 Å². The number of hydrogen-bond acceptors (Lipinski definition) is 8. The Balaban J connectivity index is 1.16. The number of fused-ring (bicyclic) bond motifs is 2. The molecule has 10 heteroatoms. The third-order valence-corrected chi connectivity index (χ3v) is 8.38. The van der Waals surface area contributed by atoms with Crippen LogP contribution in [0.25, 0.3) is 33.4 Å². The molecule has 5 heterocycles. The fourth-order valence-corrected chi connectivity index (χ4v) is 6.14. The average Bonchev–Trinajstić information content (AvgIpc) is 3.70. The van der Waals surface area contributed by atoms with E-state index >= 15 is 4.39 Å². The number of aromatic nitrogens is 2. The lowest BCUT2D eigenvalue weighted by atomic mass is 10.0. The van der Waals surface area contributed by atoms with Gasteiger partial charge in [-0.05, 0) is 56.4 Å². The van der Waals surface area contributed by atoms with Crippen molar-refractivity contribution in [2.75, 3.05) is 26.4 Å². The maximum Gasteiger partial charge on any atom is 0.198 e. The number of benzene rings is 2. The minimum absolute atomic E-state index is 0.198. The molecule has 4 aromatic rings. The van der Waals surface area contributed by atoms with E-state index in [1.165, 1.54) is 6.07 Å². The lowest BCUT2D eigenvalue weighted by molar-refractivity contribution is -0.0392. The van der Waals surface area contributed by atoms with E-state index in [4.69, 9.17) is 28.7 Å². The van der Waals surface area contributed by atoms with Gasteiger partial charge in [-0.25, -0.2) is 9.37 Å². The van der Waals surface area contributed by atoms with E-state index in [1.807, 2.05) is 59.2 Å². The molecule has 3 saturated heterocycles. The van der Waals surface area contributed by atoms with Gasteiger partial charge in [0.2, 0.25) is 0 Å². The van der Waals surface area contributed by atoms with Gasteiger partial charge in [0.25, 0.3) is 0 Å². The maximum atomic E-state index is 15.8. The molecule has 0 aliphatic carbocycles. The molecule has 0 bridgehead atoms. The highest BCUT2D eigenvalue weighted by Crippen LogP contribution is 2.38. The van der Waals surface area contributed by atoms with Crippen LogP contribution in [0.3, 0.4) is 0 Å². The SMILES string of the molecule is CC(C)(O)COc1ccc(-c2ccc(-c3nc4cc(O[C@@H]5COC6[C@H](O)CO[C@@H]65)n(C5CCCCO5)c4cc3F)cc2)cc1. The minimum atomic E-state index is -0.912. The van der Waals surface area contributed by atoms with Crippen molar-refractivity contribution in [2.24, 2.45) is 0 Å². The Bertz CT molecular complexity index is 1610. The molecule has 2 N–H and O–H groups in total. The van der Waals surface area contributed by atoms with Gasteiger partial charge in [-0.1, -0.05) is 36.4 Å². The number of halogens is 1. The third-order valence-electron chi connectivity index (χ3n) is 8.38. The van der Waals surface area contributed by atoms with Crippen molar-refractivity contribution in [2.45, 2.75) is 69.4 Å². The molecule has 2 aromatic carbocycles. The molecule has 0 saturated carbocycles.